The van der Waals surface area contributed by atoms with Crippen LogP contribution in [0.25, 0.3) is 0 Å². The minimum absolute atomic E-state index is 0.223. The number of aromatic nitrogens is 2. The van der Waals surface area contributed by atoms with Gasteiger partial charge in [0.2, 0.25) is 0 Å². The molecule has 0 aliphatic carbocycles. The van der Waals surface area contributed by atoms with Gasteiger partial charge >= 0.3 is 5.97 Å². The van der Waals surface area contributed by atoms with Gasteiger partial charge < -0.3 is 10.1 Å². The molecule has 0 atom stereocenters. The molecule has 5 nitrogen and oxygen atoms in total. The monoisotopic (exact) mass is 197 g/mol. The molecule has 0 radical (unpaired) electrons. The first-order valence-electron chi connectivity index (χ1n) is 4.43. The molecule has 0 spiro atoms. The molecule has 0 aliphatic heterocycles. The molecule has 1 rings (SSSR count). The third kappa shape index (κ3) is 2.56. The molecule has 78 valence electrons. The summed E-state index contributed by atoms with van der Waals surface area (Å²) >= 11 is 0. The summed E-state index contributed by atoms with van der Waals surface area (Å²) < 4.78 is 4.51. The van der Waals surface area contributed by atoms with Gasteiger partial charge in [-0.05, 0) is 13.8 Å². The summed E-state index contributed by atoms with van der Waals surface area (Å²) in [6.45, 7) is 4.73. The molecule has 0 saturated heterocycles. The molecular formula is C9H15N3O2. The minimum Gasteiger partial charge on any atom is -0.468 e. The van der Waals surface area contributed by atoms with Crippen molar-refractivity contribution in [1.82, 2.24) is 15.5 Å². The van der Waals surface area contributed by atoms with E-state index in [9.17, 15) is 4.79 Å². The van der Waals surface area contributed by atoms with Crippen LogP contribution >= 0.6 is 0 Å². The zero-order chi connectivity index (χ0) is 10.6. The molecule has 1 aromatic rings. The Bertz CT molecular complexity index is 300. The number of aromatic amines is 1. The van der Waals surface area contributed by atoms with Gasteiger partial charge in [0, 0.05) is 17.8 Å². The van der Waals surface area contributed by atoms with Gasteiger partial charge in [-0.2, -0.15) is 5.10 Å². The van der Waals surface area contributed by atoms with Crippen LogP contribution in [0.3, 0.4) is 0 Å². The summed E-state index contributed by atoms with van der Waals surface area (Å²) in [5.74, 6) is -0.260. The van der Waals surface area contributed by atoms with Crippen molar-refractivity contribution in [3.8, 4) is 0 Å². The number of carbonyl (C=O) groups is 1. The maximum atomic E-state index is 10.8. The normalized spacial score (nSPS) is 10.2. The highest BCUT2D eigenvalue weighted by Gasteiger charge is 2.06. The fourth-order valence-corrected chi connectivity index (χ4v) is 1.20. The number of hydrogen-bond donors (Lipinski definition) is 2. The first-order valence-corrected chi connectivity index (χ1v) is 4.43. The Morgan fingerprint density at radius 3 is 2.79 bits per heavy atom. The number of rotatable bonds is 4. The van der Waals surface area contributed by atoms with Gasteiger partial charge in [-0.25, -0.2) is 0 Å². The molecule has 0 fully saturated rings. The Labute approximate surface area is 82.8 Å². The summed E-state index contributed by atoms with van der Waals surface area (Å²) in [6.07, 6.45) is 0. The Kier molecular flexibility index (Phi) is 3.64. The molecular weight excluding hydrogens is 182 g/mol. The van der Waals surface area contributed by atoms with Crippen LogP contribution in [0.2, 0.25) is 0 Å². The van der Waals surface area contributed by atoms with Crippen molar-refractivity contribution in [3.63, 3.8) is 0 Å². The zero-order valence-corrected chi connectivity index (χ0v) is 8.68. The molecule has 0 aliphatic rings. The summed E-state index contributed by atoms with van der Waals surface area (Å²) in [5, 5.41) is 9.92. The SMILES string of the molecule is COC(=O)CNCc1c(C)n[nH]c1C. The highest BCUT2D eigenvalue weighted by Crippen LogP contribution is 2.07. The molecule has 0 unspecified atom stereocenters. The van der Waals surface area contributed by atoms with E-state index >= 15 is 0 Å². The van der Waals surface area contributed by atoms with E-state index < -0.39 is 0 Å². The average Bonchev–Trinajstić information content (AvgIpc) is 2.48. The summed E-state index contributed by atoms with van der Waals surface area (Å²) in [6, 6.07) is 0. The number of aryl methyl sites for hydroxylation is 2. The average molecular weight is 197 g/mol. The van der Waals surface area contributed by atoms with Gasteiger partial charge in [0.15, 0.2) is 0 Å². The quantitative estimate of drug-likeness (QED) is 0.681. The summed E-state index contributed by atoms with van der Waals surface area (Å²) in [4.78, 5) is 10.8. The van der Waals surface area contributed by atoms with Crippen LogP contribution in [-0.2, 0) is 16.1 Å². The van der Waals surface area contributed by atoms with E-state index in [0.29, 0.717) is 6.54 Å². The maximum Gasteiger partial charge on any atom is 0.319 e. The largest absolute Gasteiger partial charge is 0.468 e. The van der Waals surface area contributed by atoms with E-state index in [1.165, 1.54) is 7.11 Å². The fraction of sp³-hybridized carbons (Fsp3) is 0.556. The van der Waals surface area contributed by atoms with E-state index in [2.05, 4.69) is 20.3 Å². The molecule has 14 heavy (non-hydrogen) atoms. The van der Waals surface area contributed by atoms with Crippen molar-refractivity contribution in [2.75, 3.05) is 13.7 Å². The number of ether oxygens (including phenoxy) is 1. The molecule has 0 aromatic carbocycles. The molecule has 2 N–H and O–H groups in total. The Hall–Kier alpha value is -1.36. The fourth-order valence-electron chi connectivity index (χ4n) is 1.20. The Balaban J connectivity index is 2.42. The maximum absolute atomic E-state index is 10.8. The second-order valence-corrected chi connectivity index (χ2v) is 3.09. The van der Waals surface area contributed by atoms with E-state index in [-0.39, 0.29) is 12.5 Å². The van der Waals surface area contributed by atoms with Gasteiger partial charge in [0.25, 0.3) is 0 Å². The zero-order valence-electron chi connectivity index (χ0n) is 8.68. The first kappa shape index (κ1) is 10.7. The third-order valence-corrected chi connectivity index (χ3v) is 2.08. The van der Waals surface area contributed by atoms with Crippen molar-refractivity contribution >= 4 is 5.97 Å². The van der Waals surface area contributed by atoms with Crippen molar-refractivity contribution in [3.05, 3.63) is 17.0 Å². The number of methoxy groups -OCH3 is 1. The van der Waals surface area contributed by atoms with Gasteiger partial charge in [-0.15, -0.1) is 0 Å². The number of nitrogens with one attached hydrogen (secondary N) is 2. The van der Waals surface area contributed by atoms with Gasteiger partial charge in [-0.1, -0.05) is 0 Å². The lowest BCUT2D eigenvalue weighted by atomic mass is 10.2. The smallest absolute Gasteiger partial charge is 0.319 e. The summed E-state index contributed by atoms with van der Waals surface area (Å²) in [7, 11) is 1.37. The molecule has 1 aromatic heterocycles. The van der Waals surface area contributed by atoms with Crippen LogP contribution in [-0.4, -0.2) is 29.8 Å². The second-order valence-electron chi connectivity index (χ2n) is 3.09. The van der Waals surface area contributed by atoms with E-state index in [1.54, 1.807) is 0 Å². The van der Waals surface area contributed by atoms with Gasteiger partial charge in [-0.3, -0.25) is 9.89 Å². The standard InChI is InChI=1S/C9H15N3O2/c1-6-8(7(2)12-11-6)4-10-5-9(13)14-3/h10H,4-5H2,1-3H3,(H,11,12). The van der Waals surface area contributed by atoms with Crippen molar-refractivity contribution in [1.29, 1.82) is 0 Å². The van der Waals surface area contributed by atoms with Crippen molar-refractivity contribution in [2.24, 2.45) is 0 Å². The lowest BCUT2D eigenvalue weighted by molar-refractivity contribution is -0.139. The highest BCUT2D eigenvalue weighted by atomic mass is 16.5. The Morgan fingerprint density at radius 1 is 1.57 bits per heavy atom. The van der Waals surface area contributed by atoms with Crippen molar-refractivity contribution < 1.29 is 9.53 Å². The molecule has 0 bridgehead atoms. The van der Waals surface area contributed by atoms with E-state index in [0.717, 1.165) is 17.0 Å². The van der Waals surface area contributed by atoms with E-state index in [1.807, 2.05) is 13.8 Å². The van der Waals surface area contributed by atoms with Crippen LogP contribution in [0.15, 0.2) is 0 Å². The molecule has 0 amide bonds. The lowest BCUT2D eigenvalue weighted by Crippen LogP contribution is -2.23. The van der Waals surface area contributed by atoms with Crippen LogP contribution in [0.5, 0.6) is 0 Å². The summed E-state index contributed by atoms with van der Waals surface area (Å²) in [5.41, 5.74) is 3.09. The highest BCUT2D eigenvalue weighted by molar-refractivity contribution is 5.71. The minimum atomic E-state index is -0.260. The van der Waals surface area contributed by atoms with Crippen molar-refractivity contribution in [2.45, 2.75) is 20.4 Å². The predicted molar refractivity (Wildman–Crippen MR) is 51.8 cm³/mol. The number of esters is 1. The first-order chi connectivity index (χ1) is 6.65. The molecule has 5 heteroatoms. The predicted octanol–water partition coefficient (Wildman–Crippen LogP) is 0.289. The number of hydrogen-bond acceptors (Lipinski definition) is 4. The van der Waals surface area contributed by atoms with Crippen LogP contribution < -0.4 is 5.32 Å². The topological polar surface area (TPSA) is 67.0 Å². The number of carbonyl (C=O) groups excluding carboxylic acids is 1. The third-order valence-electron chi connectivity index (χ3n) is 2.08. The van der Waals surface area contributed by atoms with Gasteiger partial charge in [0.05, 0.1) is 19.3 Å². The number of H-pyrrole nitrogens is 1. The number of nitrogens with zero attached hydrogens (tertiary/aromatic N) is 1. The second kappa shape index (κ2) is 4.76. The lowest BCUT2D eigenvalue weighted by Gasteiger charge is -2.03. The van der Waals surface area contributed by atoms with Crippen LogP contribution in [0.4, 0.5) is 0 Å². The molecule has 1 heterocycles. The Morgan fingerprint density at radius 2 is 2.29 bits per heavy atom. The van der Waals surface area contributed by atoms with E-state index in [4.69, 9.17) is 0 Å². The van der Waals surface area contributed by atoms with Crippen LogP contribution in [0.1, 0.15) is 17.0 Å². The van der Waals surface area contributed by atoms with Gasteiger partial charge in [0.1, 0.15) is 0 Å². The molecule has 0 saturated carbocycles. The van der Waals surface area contributed by atoms with Crippen LogP contribution in [0, 0.1) is 13.8 Å².